The number of amides is 2. The molecular formula is C31H35N7O2. The van der Waals surface area contributed by atoms with Gasteiger partial charge in [0.25, 0.3) is 5.91 Å². The molecule has 1 saturated carbocycles. The van der Waals surface area contributed by atoms with Crippen molar-refractivity contribution in [2.75, 3.05) is 11.1 Å². The van der Waals surface area contributed by atoms with Crippen molar-refractivity contribution >= 4 is 34.4 Å². The Balaban J connectivity index is 1.38. The molecule has 2 atom stereocenters. The fraction of sp³-hybridized carbons (Fsp3) is 0.387. The average molecular weight is 538 g/mol. The maximum absolute atomic E-state index is 12.8. The molecule has 1 aliphatic heterocycles. The van der Waals surface area contributed by atoms with Crippen LogP contribution in [0.5, 0.6) is 0 Å². The molecule has 2 bridgehead atoms. The van der Waals surface area contributed by atoms with Crippen molar-refractivity contribution < 1.29 is 9.59 Å². The summed E-state index contributed by atoms with van der Waals surface area (Å²) in [5.74, 6) is 0.899. The number of hydrogen-bond acceptors (Lipinski definition) is 6. The van der Waals surface area contributed by atoms with E-state index in [9.17, 15) is 9.59 Å². The lowest BCUT2D eigenvalue weighted by Gasteiger charge is -2.31. The Labute approximate surface area is 233 Å². The van der Waals surface area contributed by atoms with Crippen molar-refractivity contribution in [1.82, 2.24) is 25.1 Å². The molecule has 9 heteroatoms. The number of rotatable bonds is 3. The van der Waals surface area contributed by atoms with Crippen LogP contribution in [0.3, 0.4) is 0 Å². The third kappa shape index (κ3) is 5.41. The second-order valence-corrected chi connectivity index (χ2v) is 10.9. The van der Waals surface area contributed by atoms with Crippen molar-refractivity contribution in [1.29, 1.82) is 0 Å². The maximum Gasteiger partial charge on any atom is 0.256 e. The van der Waals surface area contributed by atoms with E-state index < -0.39 is 0 Å². The van der Waals surface area contributed by atoms with Crippen LogP contribution in [0.25, 0.3) is 22.2 Å². The van der Waals surface area contributed by atoms with Crippen LogP contribution in [0.1, 0.15) is 79.8 Å². The Kier molecular flexibility index (Phi) is 7.44. The number of carbonyl (C=O) groups excluding carboxylic acids is 2. The van der Waals surface area contributed by atoms with Gasteiger partial charge in [-0.25, -0.2) is 9.97 Å². The molecule has 0 unspecified atom stereocenters. The molecule has 4 heterocycles. The zero-order valence-corrected chi connectivity index (χ0v) is 22.6. The number of aromatic nitrogens is 4. The minimum atomic E-state index is -0.225. The van der Waals surface area contributed by atoms with Crippen molar-refractivity contribution in [2.24, 2.45) is 0 Å². The van der Waals surface area contributed by atoms with Crippen LogP contribution < -0.4 is 16.4 Å². The van der Waals surface area contributed by atoms with Crippen molar-refractivity contribution in [3.05, 3.63) is 66.0 Å². The van der Waals surface area contributed by atoms with E-state index in [1.54, 1.807) is 30.5 Å². The molecule has 1 aromatic carbocycles. The van der Waals surface area contributed by atoms with E-state index in [2.05, 4.69) is 25.3 Å². The molecule has 4 N–H and O–H groups in total. The maximum atomic E-state index is 12.8. The summed E-state index contributed by atoms with van der Waals surface area (Å²) >= 11 is 0. The number of aryl methyl sites for hydroxylation is 1. The SMILES string of the molecule is Nc1ncc2c3c1c(-c1ccc(C(=O)Nc4ccccn4)cc1)nn3[C@@H]1CCC[C@H](C1)NC(=O)CCCCCC2. The summed E-state index contributed by atoms with van der Waals surface area (Å²) in [5, 5.41) is 12.1. The summed E-state index contributed by atoms with van der Waals surface area (Å²) in [7, 11) is 0. The van der Waals surface area contributed by atoms with E-state index in [1.807, 2.05) is 24.4 Å². The lowest BCUT2D eigenvalue weighted by atomic mass is 9.90. The summed E-state index contributed by atoms with van der Waals surface area (Å²) in [5.41, 5.74) is 10.9. The molecule has 4 aromatic rings. The molecule has 1 aliphatic carbocycles. The zero-order valence-electron chi connectivity index (χ0n) is 22.6. The van der Waals surface area contributed by atoms with Crippen LogP contribution in [-0.4, -0.2) is 37.6 Å². The normalized spacial score (nSPS) is 19.9. The van der Waals surface area contributed by atoms with Crippen LogP contribution in [0.15, 0.2) is 54.9 Å². The third-order valence-corrected chi connectivity index (χ3v) is 8.11. The number of nitrogens with two attached hydrogens (primary N) is 1. The second kappa shape index (κ2) is 11.5. The highest BCUT2D eigenvalue weighted by Gasteiger charge is 2.29. The molecule has 2 aliphatic rings. The van der Waals surface area contributed by atoms with Gasteiger partial charge in [-0.15, -0.1) is 0 Å². The molecule has 6 rings (SSSR count). The summed E-state index contributed by atoms with van der Waals surface area (Å²) < 4.78 is 2.16. The lowest BCUT2D eigenvalue weighted by Crippen LogP contribution is -2.39. The quantitative estimate of drug-likeness (QED) is 0.320. The average Bonchev–Trinajstić information content (AvgIpc) is 3.38. The highest BCUT2D eigenvalue weighted by atomic mass is 16.2. The van der Waals surface area contributed by atoms with Crippen molar-refractivity contribution in [3.8, 4) is 11.3 Å². The van der Waals surface area contributed by atoms with Gasteiger partial charge in [0.2, 0.25) is 5.91 Å². The number of nitrogen functional groups attached to an aromatic ring is 1. The minimum Gasteiger partial charge on any atom is -0.383 e. The standard InChI is InChI=1S/C31H35N7O2/c32-30-27-28(20-13-15-21(16-14-20)31(40)36-25-11-5-6-17-33-25)37-38-24-10-7-9-23(18-24)35-26(39)12-4-2-1-3-8-22(19-34-30)29(27)38/h5-6,11,13-17,19,23-24H,1-4,7-10,12,18H2,(H2,32,34)(H,35,39)(H,33,36,40)/t23-,24-/m1/s1. The highest BCUT2D eigenvalue weighted by molar-refractivity contribution is 6.05. The number of fused-ring (bicyclic) bond motifs is 3. The number of nitrogens with one attached hydrogen (secondary N) is 2. The predicted octanol–water partition coefficient (Wildman–Crippen LogP) is 5.43. The van der Waals surface area contributed by atoms with Crippen LogP contribution in [0, 0.1) is 0 Å². The summed E-state index contributed by atoms with van der Waals surface area (Å²) in [6.07, 6.45) is 13.0. The summed E-state index contributed by atoms with van der Waals surface area (Å²) in [6, 6.07) is 13.1. The van der Waals surface area contributed by atoms with Gasteiger partial charge >= 0.3 is 0 Å². The van der Waals surface area contributed by atoms with Gasteiger partial charge in [-0.1, -0.05) is 31.0 Å². The van der Waals surface area contributed by atoms with Gasteiger partial charge in [0, 0.05) is 36.0 Å². The number of hydrogen-bond donors (Lipinski definition) is 3. The molecule has 206 valence electrons. The Morgan fingerprint density at radius 3 is 2.60 bits per heavy atom. The Morgan fingerprint density at radius 1 is 0.975 bits per heavy atom. The van der Waals surface area contributed by atoms with Gasteiger partial charge in [0.15, 0.2) is 0 Å². The van der Waals surface area contributed by atoms with E-state index in [0.717, 1.165) is 85.5 Å². The third-order valence-electron chi connectivity index (χ3n) is 8.11. The lowest BCUT2D eigenvalue weighted by molar-refractivity contribution is -0.122. The van der Waals surface area contributed by atoms with Crippen LogP contribution in [-0.2, 0) is 11.2 Å². The molecule has 3 aromatic heterocycles. The fourth-order valence-corrected chi connectivity index (χ4v) is 6.08. The van der Waals surface area contributed by atoms with Crippen LogP contribution >= 0.6 is 0 Å². The highest BCUT2D eigenvalue weighted by Crippen LogP contribution is 2.39. The predicted molar refractivity (Wildman–Crippen MR) is 156 cm³/mol. The van der Waals surface area contributed by atoms with E-state index in [1.165, 1.54) is 0 Å². The first kappa shape index (κ1) is 26.0. The van der Waals surface area contributed by atoms with E-state index in [4.69, 9.17) is 10.8 Å². The number of pyridine rings is 2. The molecule has 40 heavy (non-hydrogen) atoms. The topological polar surface area (TPSA) is 128 Å². The minimum absolute atomic E-state index is 0.149. The second-order valence-electron chi connectivity index (χ2n) is 10.9. The van der Waals surface area contributed by atoms with Gasteiger partial charge in [-0.05, 0) is 74.8 Å². The molecular weight excluding hydrogens is 502 g/mol. The smallest absolute Gasteiger partial charge is 0.256 e. The fourth-order valence-electron chi connectivity index (χ4n) is 6.08. The van der Waals surface area contributed by atoms with Gasteiger partial charge in [0.05, 0.1) is 16.9 Å². The Bertz CT molecular complexity index is 1510. The molecule has 2 amide bonds. The zero-order chi connectivity index (χ0) is 27.5. The van der Waals surface area contributed by atoms with Gasteiger partial charge in [-0.2, -0.15) is 5.10 Å². The summed E-state index contributed by atoms with van der Waals surface area (Å²) in [6.45, 7) is 0. The monoisotopic (exact) mass is 537 g/mol. The molecule has 0 spiro atoms. The van der Waals surface area contributed by atoms with Crippen molar-refractivity contribution in [3.63, 3.8) is 0 Å². The molecule has 1 fully saturated rings. The molecule has 9 nitrogen and oxygen atoms in total. The van der Waals surface area contributed by atoms with E-state index >= 15 is 0 Å². The first-order chi connectivity index (χ1) is 19.6. The van der Waals surface area contributed by atoms with Gasteiger partial charge in [0.1, 0.15) is 17.3 Å². The first-order valence-electron chi connectivity index (χ1n) is 14.3. The Hall–Kier alpha value is -4.27. The summed E-state index contributed by atoms with van der Waals surface area (Å²) in [4.78, 5) is 34.1. The van der Waals surface area contributed by atoms with Crippen LogP contribution in [0.4, 0.5) is 11.6 Å². The van der Waals surface area contributed by atoms with Crippen molar-refractivity contribution in [2.45, 2.75) is 76.3 Å². The number of carbonyl (C=O) groups is 2. The number of anilines is 2. The first-order valence-corrected chi connectivity index (χ1v) is 14.3. The molecule has 0 saturated heterocycles. The van der Waals surface area contributed by atoms with E-state index in [-0.39, 0.29) is 23.9 Å². The number of nitrogens with zero attached hydrogens (tertiary/aromatic N) is 4. The van der Waals surface area contributed by atoms with Crippen LogP contribution in [0.2, 0.25) is 0 Å². The number of benzene rings is 1. The molecule has 0 radical (unpaired) electrons. The largest absolute Gasteiger partial charge is 0.383 e. The van der Waals surface area contributed by atoms with E-state index in [0.29, 0.717) is 23.6 Å². The Morgan fingerprint density at radius 2 is 1.80 bits per heavy atom. The van der Waals surface area contributed by atoms with Gasteiger partial charge < -0.3 is 16.4 Å². The van der Waals surface area contributed by atoms with Gasteiger partial charge in [-0.3, -0.25) is 14.3 Å².